The predicted octanol–water partition coefficient (Wildman–Crippen LogP) is 4.43. The van der Waals surface area contributed by atoms with Crippen molar-refractivity contribution < 1.29 is 9.50 Å². The number of aryl methyl sites for hydroxylation is 1. The van der Waals surface area contributed by atoms with E-state index in [0.29, 0.717) is 11.1 Å². The van der Waals surface area contributed by atoms with Crippen LogP contribution in [0.3, 0.4) is 0 Å². The second-order valence-corrected chi connectivity index (χ2v) is 5.48. The number of halogens is 1. The average molecular weight is 272 g/mol. The van der Waals surface area contributed by atoms with E-state index in [1.807, 2.05) is 29.6 Å². The van der Waals surface area contributed by atoms with Gasteiger partial charge in [-0.05, 0) is 29.3 Å². The molecule has 0 aliphatic carbocycles. The molecule has 3 aromatic rings. The molecule has 1 atom stereocenters. The normalized spacial score (nSPS) is 12.8. The van der Waals surface area contributed by atoms with E-state index in [9.17, 15) is 9.50 Å². The Hall–Kier alpha value is -1.71. The van der Waals surface area contributed by atoms with Gasteiger partial charge in [0, 0.05) is 15.8 Å². The molecule has 0 spiro atoms. The summed E-state index contributed by atoms with van der Waals surface area (Å²) in [5, 5.41) is 13.3. The van der Waals surface area contributed by atoms with Gasteiger partial charge in [-0.1, -0.05) is 36.4 Å². The molecule has 3 heteroatoms. The highest BCUT2D eigenvalue weighted by Gasteiger charge is 2.19. The number of thiophene rings is 1. The van der Waals surface area contributed by atoms with E-state index in [-0.39, 0.29) is 5.82 Å². The van der Waals surface area contributed by atoms with E-state index >= 15 is 0 Å². The van der Waals surface area contributed by atoms with Crippen LogP contribution in [-0.4, -0.2) is 5.11 Å². The summed E-state index contributed by atoms with van der Waals surface area (Å²) in [4.78, 5) is 0. The van der Waals surface area contributed by atoms with Crippen LogP contribution in [0, 0.1) is 12.7 Å². The fourth-order valence-corrected chi connectivity index (χ4v) is 3.24. The summed E-state index contributed by atoms with van der Waals surface area (Å²) >= 11 is 1.56. The zero-order valence-electron chi connectivity index (χ0n) is 10.4. The van der Waals surface area contributed by atoms with Crippen LogP contribution in [0.4, 0.5) is 4.39 Å². The van der Waals surface area contributed by atoms with Crippen molar-refractivity contribution in [3.63, 3.8) is 0 Å². The summed E-state index contributed by atoms with van der Waals surface area (Å²) in [5.41, 5.74) is 1.66. The Bertz CT molecular complexity index is 732. The molecule has 0 fully saturated rings. The Morgan fingerprint density at radius 3 is 2.68 bits per heavy atom. The van der Waals surface area contributed by atoms with Crippen LogP contribution in [0.2, 0.25) is 0 Å². The zero-order valence-corrected chi connectivity index (χ0v) is 11.2. The Balaban J connectivity index is 2.13. The van der Waals surface area contributed by atoms with Gasteiger partial charge in [0.2, 0.25) is 0 Å². The van der Waals surface area contributed by atoms with Crippen molar-refractivity contribution in [2.45, 2.75) is 13.0 Å². The van der Waals surface area contributed by atoms with Crippen molar-refractivity contribution in [2.75, 3.05) is 0 Å². The minimum Gasteiger partial charge on any atom is -0.383 e. The molecule has 3 rings (SSSR count). The van der Waals surface area contributed by atoms with E-state index in [0.717, 1.165) is 15.6 Å². The molecule has 2 aromatic carbocycles. The van der Waals surface area contributed by atoms with E-state index in [1.54, 1.807) is 36.5 Å². The summed E-state index contributed by atoms with van der Waals surface area (Å²) in [6.45, 7) is 1.71. The van der Waals surface area contributed by atoms with Crippen LogP contribution >= 0.6 is 11.3 Å². The minimum atomic E-state index is -0.920. The van der Waals surface area contributed by atoms with Crippen molar-refractivity contribution in [3.8, 4) is 0 Å². The smallest absolute Gasteiger partial charge is 0.132 e. The molecule has 1 aromatic heterocycles. The summed E-state index contributed by atoms with van der Waals surface area (Å²) in [6.07, 6.45) is -0.920. The van der Waals surface area contributed by atoms with Crippen molar-refractivity contribution in [2.24, 2.45) is 0 Å². The lowest BCUT2D eigenvalue weighted by Crippen LogP contribution is -2.03. The second-order valence-electron chi connectivity index (χ2n) is 4.57. The topological polar surface area (TPSA) is 20.2 Å². The lowest BCUT2D eigenvalue weighted by molar-refractivity contribution is 0.216. The molecule has 1 nitrogen and oxygen atoms in total. The third-order valence-electron chi connectivity index (χ3n) is 3.32. The summed E-state index contributed by atoms with van der Waals surface area (Å²) in [7, 11) is 0. The zero-order chi connectivity index (χ0) is 13.4. The molecule has 0 saturated carbocycles. The maximum atomic E-state index is 14.1. The number of fused-ring (bicyclic) bond motifs is 1. The Morgan fingerprint density at radius 2 is 1.84 bits per heavy atom. The minimum absolute atomic E-state index is 0.328. The van der Waals surface area contributed by atoms with Gasteiger partial charge in [-0.15, -0.1) is 11.3 Å². The first-order chi connectivity index (χ1) is 9.18. The first-order valence-electron chi connectivity index (χ1n) is 6.07. The number of benzene rings is 2. The third kappa shape index (κ3) is 2.05. The number of aliphatic hydroxyl groups is 1. The molecule has 0 radical (unpaired) electrons. The maximum Gasteiger partial charge on any atom is 0.132 e. The molecular weight excluding hydrogens is 259 g/mol. The second kappa shape index (κ2) is 4.76. The molecule has 1 unspecified atom stereocenters. The van der Waals surface area contributed by atoms with Gasteiger partial charge in [0.15, 0.2) is 0 Å². The summed E-state index contributed by atoms with van der Waals surface area (Å²) in [5.74, 6) is -0.328. The van der Waals surface area contributed by atoms with E-state index in [2.05, 4.69) is 0 Å². The van der Waals surface area contributed by atoms with Crippen LogP contribution in [0.15, 0.2) is 47.8 Å². The van der Waals surface area contributed by atoms with Gasteiger partial charge < -0.3 is 5.11 Å². The van der Waals surface area contributed by atoms with Gasteiger partial charge in [-0.25, -0.2) is 4.39 Å². The molecule has 0 aliphatic heterocycles. The van der Waals surface area contributed by atoms with Crippen LogP contribution in [0.5, 0.6) is 0 Å². The van der Waals surface area contributed by atoms with Crippen molar-refractivity contribution >= 4 is 21.4 Å². The van der Waals surface area contributed by atoms with E-state index < -0.39 is 6.10 Å². The van der Waals surface area contributed by atoms with Gasteiger partial charge in [0.05, 0.1) is 0 Å². The van der Waals surface area contributed by atoms with Crippen molar-refractivity contribution in [1.82, 2.24) is 0 Å². The Labute approximate surface area is 115 Å². The molecular formula is C16H13FOS. The van der Waals surface area contributed by atoms with Crippen LogP contribution < -0.4 is 0 Å². The largest absolute Gasteiger partial charge is 0.383 e. The van der Waals surface area contributed by atoms with E-state index in [1.165, 1.54) is 0 Å². The highest BCUT2D eigenvalue weighted by Crippen LogP contribution is 2.34. The lowest BCUT2D eigenvalue weighted by Gasteiger charge is -2.12. The quantitative estimate of drug-likeness (QED) is 0.731. The fourth-order valence-electron chi connectivity index (χ4n) is 2.26. The summed E-state index contributed by atoms with van der Waals surface area (Å²) < 4.78 is 15.2. The Kier molecular flexibility index (Phi) is 3.09. The third-order valence-corrected chi connectivity index (χ3v) is 4.30. The number of hydrogen-bond donors (Lipinski definition) is 1. The highest BCUT2D eigenvalue weighted by molar-refractivity contribution is 7.17. The van der Waals surface area contributed by atoms with Gasteiger partial charge in [0.25, 0.3) is 0 Å². The molecule has 1 heterocycles. The highest BCUT2D eigenvalue weighted by atomic mass is 32.1. The van der Waals surface area contributed by atoms with Gasteiger partial charge >= 0.3 is 0 Å². The predicted molar refractivity (Wildman–Crippen MR) is 77.0 cm³/mol. The first kappa shape index (κ1) is 12.3. The monoisotopic (exact) mass is 272 g/mol. The molecule has 0 saturated heterocycles. The number of hydrogen-bond acceptors (Lipinski definition) is 2. The standard InChI is InChI=1S/C16H13FOS/c1-10-5-4-7-12(15(10)17)16(18)13-9-19-14-8-3-2-6-11(13)14/h2-9,16,18H,1H3. The van der Waals surface area contributed by atoms with Gasteiger partial charge in [0.1, 0.15) is 11.9 Å². The molecule has 0 bridgehead atoms. The van der Waals surface area contributed by atoms with Gasteiger partial charge in [-0.2, -0.15) is 0 Å². The molecule has 0 aliphatic rings. The molecule has 0 amide bonds. The SMILES string of the molecule is Cc1cccc(C(O)c2csc3ccccc23)c1F. The molecule has 1 N–H and O–H groups in total. The number of aliphatic hydroxyl groups excluding tert-OH is 1. The first-order valence-corrected chi connectivity index (χ1v) is 6.95. The molecule has 96 valence electrons. The van der Waals surface area contributed by atoms with Crippen molar-refractivity contribution in [1.29, 1.82) is 0 Å². The summed E-state index contributed by atoms with van der Waals surface area (Å²) in [6, 6.07) is 13.0. The van der Waals surface area contributed by atoms with Gasteiger partial charge in [-0.3, -0.25) is 0 Å². The average Bonchev–Trinajstić information content (AvgIpc) is 2.85. The van der Waals surface area contributed by atoms with Crippen LogP contribution in [0.1, 0.15) is 22.8 Å². The van der Waals surface area contributed by atoms with Crippen LogP contribution in [-0.2, 0) is 0 Å². The maximum absolute atomic E-state index is 14.1. The molecule has 19 heavy (non-hydrogen) atoms. The number of rotatable bonds is 2. The van der Waals surface area contributed by atoms with E-state index in [4.69, 9.17) is 0 Å². The van der Waals surface area contributed by atoms with Crippen molar-refractivity contribution in [3.05, 3.63) is 70.4 Å². The fraction of sp³-hybridized carbons (Fsp3) is 0.125. The van der Waals surface area contributed by atoms with Crippen LogP contribution in [0.25, 0.3) is 10.1 Å². The lowest BCUT2D eigenvalue weighted by atomic mass is 9.99. The Morgan fingerprint density at radius 1 is 1.05 bits per heavy atom.